The number of H-pyrrole nitrogens is 1. The highest BCUT2D eigenvalue weighted by molar-refractivity contribution is 9.10. The Morgan fingerprint density at radius 3 is 3.05 bits per heavy atom. The van der Waals surface area contributed by atoms with Gasteiger partial charge >= 0.3 is 0 Å². The van der Waals surface area contributed by atoms with Gasteiger partial charge in [-0.25, -0.2) is 4.98 Å². The van der Waals surface area contributed by atoms with Gasteiger partial charge in [0.05, 0.1) is 11.3 Å². The summed E-state index contributed by atoms with van der Waals surface area (Å²) in [5.74, 6) is 1.42. The summed E-state index contributed by atoms with van der Waals surface area (Å²) < 4.78 is 1.13. The molecular weight excluding hydrogens is 350 g/mol. The smallest absolute Gasteiger partial charge is 0.255 e. The summed E-state index contributed by atoms with van der Waals surface area (Å²) in [7, 11) is 0. The molecular formula is C15H16BrN3OS. The van der Waals surface area contributed by atoms with Gasteiger partial charge in [-0.15, -0.1) is 11.3 Å². The Morgan fingerprint density at radius 1 is 1.48 bits per heavy atom. The van der Waals surface area contributed by atoms with Crippen LogP contribution in [0.4, 0.5) is 0 Å². The lowest BCUT2D eigenvalue weighted by Gasteiger charge is -2.27. The maximum Gasteiger partial charge on any atom is 0.255 e. The predicted octanol–water partition coefficient (Wildman–Crippen LogP) is 3.03. The summed E-state index contributed by atoms with van der Waals surface area (Å²) in [4.78, 5) is 23.6. The molecule has 1 fully saturated rings. The van der Waals surface area contributed by atoms with E-state index in [2.05, 4.69) is 37.3 Å². The van der Waals surface area contributed by atoms with Crippen LogP contribution in [0.1, 0.15) is 40.7 Å². The molecule has 110 valence electrons. The highest BCUT2D eigenvalue weighted by Gasteiger charge is 2.29. The normalized spacial score (nSPS) is 18.7. The SMILES string of the molecule is O=c1[nH]c(C2CC2)nc2c1CN(Cc1cc(Br)cs1)CC2. The molecule has 0 atom stereocenters. The highest BCUT2D eigenvalue weighted by atomic mass is 79.9. The molecule has 0 bridgehead atoms. The van der Waals surface area contributed by atoms with Crippen LogP contribution >= 0.6 is 27.3 Å². The maximum absolute atomic E-state index is 12.3. The largest absolute Gasteiger partial charge is 0.310 e. The van der Waals surface area contributed by atoms with E-state index in [0.717, 1.165) is 41.1 Å². The van der Waals surface area contributed by atoms with E-state index < -0.39 is 0 Å². The summed E-state index contributed by atoms with van der Waals surface area (Å²) in [6.07, 6.45) is 3.22. The lowest BCUT2D eigenvalue weighted by molar-refractivity contribution is 0.243. The lowest BCUT2D eigenvalue weighted by Crippen LogP contribution is -2.35. The molecule has 0 unspecified atom stereocenters. The van der Waals surface area contributed by atoms with Crippen LogP contribution in [0.5, 0.6) is 0 Å². The molecule has 0 saturated heterocycles. The number of fused-ring (bicyclic) bond motifs is 1. The average molecular weight is 366 g/mol. The number of aromatic amines is 1. The fraction of sp³-hybridized carbons (Fsp3) is 0.467. The first kappa shape index (κ1) is 13.7. The molecule has 0 aromatic carbocycles. The van der Waals surface area contributed by atoms with E-state index >= 15 is 0 Å². The van der Waals surface area contributed by atoms with Gasteiger partial charge in [0.15, 0.2) is 0 Å². The second kappa shape index (κ2) is 5.34. The number of thiophene rings is 1. The molecule has 2 aromatic rings. The number of rotatable bonds is 3. The Morgan fingerprint density at radius 2 is 2.33 bits per heavy atom. The molecule has 1 saturated carbocycles. The molecule has 21 heavy (non-hydrogen) atoms. The minimum atomic E-state index is 0.0685. The standard InChI is InChI=1S/C15H16BrN3OS/c16-10-5-11(21-8-10)6-19-4-3-13-12(7-19)15(20)18-14(17-13)9-1-2-9/h5,8-9H,1-4,6-7H2,(H,17,18,20). The van der Waals surface area contributed by atoms with Crippen molar-refractivity contribution >= 4 is 27.3 Å². The topological polar surface area (TPSA) is 49.0 Å². The van der Waals surface area contributed by atoms with Crippen LogP contribution in [0.15, 0.2) is 20.7 Å². The van der Waals surface area contributed by atoms with Gasteiger partial charge in [-0.05, 0) is 34.8 Å². The van der Waals surface area contributed by atoms with E-state index in [1.165, 1.54) is 17.7 Å². The molecule has 6 heteroatoms. The van der Waals surface area contributed by atoms with Crippen molar-refractivity contribution in [3.05, 3.63) is 48.2 Å². The molecule has 0 spiro atoms. The summed E-state index contributed by atoms with van der Waals surface area (Å²) in [6, 6.07) is 2.15. The van der Waals surface area contributed by atoms with E-state index in [9.17, 15) is 4.79 Å². The first-order chi connectivity index (χ1) is 10.2. The summed E-state index contributed by atoms with van der Waals surface area (Å²) >= 11 is 5.24. The number of halogens is 1. The summed E-state index contributed by atoms with van der Waals surface area (Å²) in [6.45, 7) is 2.58. The average Bonchev–Trinajstić information content (AvgIpc) is 3.24. The third kappa shape index (κ3) is 2.84. The van der Waals surface area contributed by atoms with E-state index in [1.54, 1.807) is 11.3 Å². The number of aromatic nitrogens is 2. The fourth-order valence-corrected chi connectivity index (χ4v) is 4.33. The predicted molar refractivity (Wildman–Crippen MR) is 86.7 cm³/mol. The van der Waals surface area contributed by atoms with Crippen molar-refractivity contribution in [3.63, 3.8) is 0 Å². The van der Waals surface area contributed by atoms with Gasteiger partial charge in [0.2, 0.25) is 0 Å². The Hall–Kier alpha value is -0.980. The fourth-order valence-electron chi connectivity index (χ4n) is 2.84. The number of nitrogens with one attached hydrogen (secondary N) is 1. The van der Waals surface area contributed by atoms with E-state index in [0.29, 0.717) is 12.5 Å². The zero-order valence-electron chi connectivity index (χ0n) is 11.6. The van der Waals surface area contributed by atoms with Gasteiger partial charge in [-0.3, -0.25) is 9.69 Å². The molecule has 1 N–H and O–H groups in total. The van der Waals surface area contributed by atoms with Crippen LogP contribution in [0.3, 0.4) is 0 Å². The third-order valence-electron chi connectivity index (χ3n) is 4.13. The van der Waals surface area contributed by atoms with E-state index in [4.69, 9.17) is 4.98 Å². The van der Waals surface area contributed by atoms with Crippen molar-refractivity contribution in [2.24, 2.45) is 0 Å². The van der Waals surface area contributed by atoms with Gasteiger partial charge < -0.3 is 4.98 Å². The Labute approximate surface area is 135 Å². The van der Waals surface area contributed by atoms with Crippen LogP contribution in [0, 0.1) is 0 Å². The van der Waals surface area contributed by atoms with Crippen molar-refractivity contribution in [1.29, 1.82) is 0 Å². The maximum atomic E-state index is 12.3. The van der Waals surface area contributed by atoms with Gasteiger partial charge in [-0.2, -0.15) is 0 Å². The van der Waals surface area contributed by atoms with Crippen LogP contribution < -0.4 is 5.56 Å². The first-order valence-corrected chi connectivity index (χ1v) is 8.93. The third-order valence-corrected chi connectivity index (χ3v) is 5.81. The van der Waals surface area contributed by atoms with Crippen LogP contribution in [-0.4, -0.2) is 21.4 Å². The number of hydrogen-bond acceptors (Lipinski definition) is 4. The minimum Gasteiger partial charge on any atom is -0.310 e. The molecule has 1 aliphatic carbocycles. The van der Waals surface area contributed by atoms with Crippen molar-refractivity contribution in [2.45, 2.75) is 38.3 Å². The van der Waals surface area contributed by atoms with Crippen LogP contribution in [0.2, 0.25) is 0 Å². The Bertz CT molecular complexity index is 735. The molecule has 4 nitrogen and oxygen atoms in total. The minimum absolute atomic E-state index is 0.0685. The summed E-state index contributed by atoms with van der Waals surface area (Å²) in [5, 5.41) is 2.10. The second-order valence-corrected chi connectivity index (χ2v) is 7.75. The molecule has 2 aliphatic rings. The second-order valence-electron chi connectivity index (χ2n) is 5.84. The molecule has 0 amide bonds. The van der Waals surface area contributed by atoms with Crippen LogP contribution in [0.25, 0.3) is 0 Å². The monoisotopic (exact) mass is 365 g/mol. The zero-order valence-corrected chi connectivity index (χ0v) is 14.0. The lowest BCUT2D eigenvalue weighted by atomic mass is 10.1. The van der Waals surface area contributed by atoms with E-state index in [-0.39, 0.29) is 5.56 Å². The quantitative estimate of drug-likeness (QED) is 0.909. The summed E-state index contributed by atoms with van der Waals surface area (Å²) in [5.41, 5.74) is 1.95. The zero-order chi connectivity index (χ0) is 14.4. The molecule has 4 rings (SSSR count). The van der Waals surface area contributed by atoms with Crippen LogP contribution in [-0.2, 0) is 19.5 Å². The number of nitrogens with zero attached hydrogens (tertiary/aromatic N) is 2. The molecule has 3 heterocycles. The number of hydrogen-bond donors (Lipinski definition) is 1. The first-order valence-electron chi connectivity index (χ1n) is 7.26. The van der Waals surface area contributed by atoms with Crippen molar-refractivity contribution in [2.75, 3.05) is 6.54 Å². The van der Waals surface area contributed by atoms with Crippen molar-refractivity contribution < 1.29 is 0 Å². The molecule has 0 radical (unpaired) electrons. The Balaban J connectivity index is 1.55. The highest BCUT2D eigenvalue weighted by Crippen LogP contribution is 2.37. The van der Waals surface area contributed by atoms with Gasteiger partial charge in [0.1, 0.15) is 5.82 Å². The van der Waals surface area contributed by atoms with Crippen molar-refractivity contribution in [3.8, 4) is 0 Å². The Kier molecular flexibility index (Phi) is 3.47. The van der Waals surface area contributed by atoms with Gasteiger partial charge in [0, 0.05) is 46.7 Å². The molecule has 1 aliphatic heterocycles. The molecule has 2 aromatic heterocycles. The van der Waals surface area contributed by atoms with Gasteiger partial charge in [0.25, 0.3) is 5.56 Å². The van der Waals surface area contributed by atoms with Crippen molar-refractivity contribution in [1.82, 2.24) is 14.9 Å². The van der Waals surface area contributed by atoms with E-state index in [1.807, 2.05) is 0 Å². The van der Waals surface area contributed by atoms with Gasteiger partial charge in [-0.1, -0.05) is 0 Å².